The normalized spacial score (nSPS) is 15.5. The van der Waals surface area contributed by atoms with Crippen molar-refractivity contribution in [2.75, 3.05) is 0 Å². The molecule has 0 unspecified atom stereocenters. The van der Waals surface area contributed by atoms with Crippen molar-refractivity contribution in [3.63, 3.8) is 0 Å². The van der Waals surface area contributed by atoms with Crippen molar-refractivity contribution in [3.8, 4) is 0 Å². The highest BCUT2D eigenvalue weighted by Crippen LogP contribution is 2.58. The molecule has 168 valence electrons. The van der Waals surface area contributed by atoms with Crippen LogP contribution in [-0.2, 0) is 4.74 Å². The van der Waals surface area contributed by atoms with Gasteiger partial charge in [0.15, 0.2) is 0 Å². The lowest BCUT2D eigenvalue weighted by molar-refractivity contribution is -0.447. The zero-order valence-electron chi connectivity index (χ0n) is 11.7. The maximum absolute atomic E-state index is 12.9. The van der Waals surface area contributed by atoms with E-state index in [1.54, 1.807) is 4.74 Å². The fraction of sp³-hybridized carbons (Fsp3) is 0.875. The highest BCUT2D eigenvalue weighted by atomic mass is 19.4. The minimum atomic E-state index is -8.25. The molecule has 0 aliphatic rings. The first-order valence-corrected chi connectivity index (χ1v) is 5.50. The van der Waals surface area contributed by atoms with Crippen LogP contribution in [0.5, 0.6) is 0 Å². The van der Waals surface area contributed by atoms with E-state index >= 15 is 0 Å². The molecule has 0 atom stereocenters. The van der Waals surface area contributed by atoms with Gasteiger partial charge in [-0.2, -0.15) is 70.2 Å². The van der Waals surface area contributed by atoms with Gasteiger partial charge in [0.25, 0.3) is 0 Å². The van der Waals surface area contributed by atoms with Gasteiger partial charge in [-0.05, 0) is 0 Å². The number of alkyl halides is 16. The van der Waals surface area contributed by atoms with Crippen LogP contribution in [0, 0.1) is 0 Å². The van der Waals surface area contributed by atoms with Gasteiger partial charge in [-0.15, -0.1) is 0 Å². The van der Waals surface area contributed by atoms with Crippen LogP contribution in [0.1, 0.15) is 0 Å². The van der Waals surface area contributed by atoms with Crippen molar-refractivity contribution in [1.29, 1.82) is 0 Å². The Bertz CT molecular complexity index is 589. The molecular weight excluding hydrogens is 465 g/mol. The summed E-state index contributed by atoms with van der Waals surface area (Å²) in [7, 11) is 0. The van der Waals surface area contributed by atoms with E-state index in [0.717, 1.165) is 0 Å². The topological polar surface area (TPSA) is 29.5 Å². The van der Waals surface area contributed by atoms with Crippen molar-refractivity contribution in [1.82, 2.24) is 5.12 Å². The zero-order chi connectivity index (χ0) is 23.4. The smallest absolute Gasteiger partial charge is 0.375 e. The second-order valence-corrected chi connectivity index (χ2v) is 4.43. The van der Waals surface area contributed by atoms with Gasteiger partial charge < -0.3 is 4.74 Å². The van der Waals surface area contributed by atoms with E-state index in [9.17, 15) is 79.5 Å². The third-order valence-corrected chi connectivity index (χ3v) is 2.47. The fourth-order valence-electron chi connectivity index (χ4n) is 1.01. The Labute approximate surface area is 139 Å². The first kappa shape index (κ1) is 26.1. The van der Waals surface area contributed by atoms with Crippen LogP contribution in [0.15, 0.2) is 0 Å². The van der Waals surface area contributed by atoms with Gasteiger partial charge in [0, 0.05) is 0 Å². The van der Waals surface area contributed by atoms with Crippen LogP contribution in [0.3, 0.4) is 0 Å². The molecule has 0 radical (unpaired) electrons. The molecule has 0 heterocycles. The van der Waals surface area contributed by atoms with E-state index in [1.807, 2.05) is 0 Å². The maximum atomic E-state index is 12.9. The number of carbonyl (C=O) groups excluding carboxylic acids is 1. The molecule has 28 heavy (non-hydrogen) atoms. The Morgan fingerprint density at radius 3 is 1.21 bits per heavy atom. The van der Waals surface area contributed by atoms with Gasteiger partial charge in [0.1, 0.15) is 0 Å². The summed E-state index contributed by atoms with van der Waals surface area (Å²) in [4.78, 5) is 10.4. The molecule has 20 heteroatoms. The van der Waals surface area contributed by atoms with E-state index < -0.39 is 53.5 Å². The predicted molar refractivity (Wildman–Crippen MR) is 46.3 cm³/mol. The lowest BCUT2D eigenvalue weighted by atomic mass is 10.0. The molecule has 0 aromatic carbocycles. The Hall–Kier alpha value is -1.92. The summed E-state index contributed by atoms with van der Waals surface area (Å²) in [6.07, 6.45) is -26.0. The molecular formula is C8F17NO2. The molecule has 0 fully saturated rings. The minimum absolute atomic E-state index is 1.70. The van der Waals surface area contributed by atoms with Crippen molar-refractivity contribution in [3.05, 3.63) is 0 Å². The van der Waals surface area contributed by atoms with Crippen LogP contribution in [0.2, 0.25) is 0 Å². The number of rotatable bonds is 5. The molecule has 0 rings (SSSR count). The molecule has 0 bridgehead atoms. The van der Waals surface area contributed by atoms with Crippen molar-refractivity contribution >= 4 is 6.09 Å². The molecule has 0 aromatic rings. The SMILES string of the molecule is O=C(OC(F)(F)C(F)(F)F)N(F)C(F)(F)C(F)(F)C(F)(F)C(F)(F)C(F)(F)F. The Morgan fingerprint density at radius 1 is 0.571 bits per heavy atom. The number of hydrogen-bond donors (Lipinski definition) is 0. The number of halogens is 17. The summed E-state index contributed by atoms with van der Waals surface area (Å²) in [5, 5.41) is -3.94. The monoisotopic (exact) mass is 465 g/mol. The van der Waals surface area contributed by atoms with Gasteiger partial charge in [-0.3, -0.25) is 0 Å². The fourth-order valence-corrected chi connectivity index (χ4v) is 1.01. The second kappa shape index (κ2) is 6.56. The quantitative estimate of drug-likeness (QED) is 0.304. The van der Waals surface area contributed by atoms with Crippen LogP contribution in [-0.4, -0.2) is 53.5 Å². The summed E-state index contributed by atoms with van der Waals surface area (Å²) < 4.78 is 211. The predicted octanol–water partition coefficient (Wildman–Crippen LogP) is 5.53. The van der Waals surface area contributed by atoms with Gasteiger partial charge in [0.2, 0.25) is 0 Å². The molecule has 0 N–H and O–H groups in total. The third-order valence-electron chi connectivity index (χ3n) is 2.47. The summed E-state index contributed by atoms with van der Waals surface area (Å²) >= 11 is 0. The number of carbonyl (C=O) groups is 1. The third kappa shape index (κ3) is 3.80. The number of nitrogens with zero attached hydrogens (tertiary/aromatic N) is 1. The van der Waals surface area contributed by atoms with Gasteiger partial charge >= 0.3 is 48.4 Å². The zero-order valence-corrected chi connectivity index (χ0v) is 11.7. The van der Waals surface area contributed by atoms with Crippen LogP contribution in [0.4, 0.5) is 79.5 Å². The van der Waals surface area contributed by atoms with Crippen LogP contribution >= 0.6 is 0 Å². The molecule has 1 amide bonds. The lowest BCUT2D eigenvalue weighted by Crippen LogP contribution is -2.69. The highest BCUT2D eigenvalue weighted by Gasteiger charge is 2.89. The molecule has 0 spiro atoms. The minimum Gasteiger partial charge on any atom is -0.375 e. The molecule has 0 aliphatic heterocycles. The highest BCUT2D eigenvalue weighted by molar-refractivity contribution is 5.67. The second-order valence-electron chi connectivity index (χ2n) is 4.43. The first-order chi connectivity index (χ1) is 11.8. The van der Waals surface area contributed by atoms with E-state index in [0.29, 0.717) is 0 Å². The standard InChI is InChI=1S/C8F17NO2/c9-2(10,3(11,12)5(15,16)17)4(13,14)7(21,22)26(25)1(27)28-8(23,24)6(18,19)20. The summed E-state index contributed by atoms with van der Waals surface area (Å²) in [5.74, 6) is -24.5. The van der Waals surface area contributed by atoms with E-state index in [1.165, 1.54) is 0 Å². The van der Waals surface area contributed by atoms with Gasteiger partial charge in [0.05, 0.1) is 0 Å². The molecule has 0 aromatic heterocycles. The first-order valence-electron chi connectivity index (χ1n) is 5.50. The Morgan fingerprint density at radius 2 is 0.929 bits per heavy atom. The largest absolute Gasteiger partial charge is 0.502 e. The van der Waals surface area contributed by atoms with Gasteiger partial charge in [-0.25, -0.2) is 4.79 Å². The van der Waals surface area contributed by atoms with Crippen molar-refractivity contribution in [2.24, 2.45) is 0 Å². The summed E-state index contributed by atoms with van der Waals surface area (Å²) in [6, 6.07) is -7.84. The summed E-state index contributed by atoms with van der Waals surface area (Å²) in [5.41, 5.74) is 0. The number of amides is 1. The Kier molecular flexibility index (Phi) is 6.11. The average Bonchev–Trinajstić information content (AvgIpc) is 2.42. The number of ether oxygens (including phenoxy) is 1. The average molecular weight is 465 g/mol. The maximum Gasteiger partial charge on any atom is 0.502 e. The van der Waals surface area contributed by atoms with Gasteiger partial charge in [-0.1, -0.05) is 9.60 Å². The van der Waals surface area contributed by atoms with Crippen LogP contribution < -0.4 is 0 Å². The molecule has 0 saturated carbocycles. The van der Waals surface area contributed by atoms with E-state index in [-0.39, 0.29) is 0 Å². The van der Waals surface area contributed by atoms with E-state index in [4.69, 9.17) is 0 Å². The summed E-state index contributed by atoms with van der Waals surface area (Å²) in [6.45, 7) is 0. The lowest BCUT2D eigenvalue weighted by Gasteiger charge is -2.38. The molecule has 3 nitrogen and oxygen atoms in total. The molecule has 0 saturated heterocycles. The Balaban J connectivity index is 6.06. The van der Waals surface area contributed by atoms with Crippen molar-refractivity contribution in [2.45, 2.75) is 42.3 Å². The van der Waals surface area contributed by atoms with Crippen molar-refractivity contribution < 1.29 is 84.3 Å². The van der Waals surface area contributed by atoms with Crippen LogP contribution in [0.25, 0.3) is 0 Å². The number of hydrogen-bond acceptors (Lipinski definition) is 2. The molecule has 0 aliphatic carbocycles. The van der Waals surface area contributed by atoms with E-state index in [2.05, 4.69) is 0 Å².